The lowest BCUT2D eigenvalue weighted by Crippen LogP contribution is -2.41. The zero-order chi connectivity index (χ0) is 17.4. The molecule has 0 radical (unpaired) electrons. The van der Waals surface area contributed by atoms with Crippen molar-refractivity contribution in [2.24, 2.45) is 0 Å². The van der Waals surface area contributed by atoms with E-state index in [1.165, 1.54) is 13.2 Å². The van der Waals surface area contributed by atoms with E-state index in [1.54, 1.807) is 12.1 Å². The fraction of sp³-hybridized carbons (Fsp3) is 0.588. The van der Waals surface area contributed by atoms with Crippen LogP contribution in [0.25, 0.3) is 0 Å². The Morgan fingerprint density at radius 2 is 1.83 bits per heavy atom. The van der Waals surface area contributed by atoms with Crippen LogP contribution in [0.5, 0.6) is 0 Å². The van der Waals surface area contributed by atoms with Crippen LogP contribution in [0.1, 0.15) is 51.1 Å². The van der Waals surface area contributed by atoms with Crippen LogP contribution in [0.3, 0.4) is 0 Å². The molecule has 1 heterocycles. The molecule has 0 spiro atoms. The Bertz CT molecular complexity index is 584. The predicted octanol–water partition coefficient (Wildman–Crippen LogP) is 3.41. The first-order valence-corrected chi connectivity index (χ1v) is 7.76. The monoisotopic (exact) mass is 322 g/mol. The lowest BCUT2D eigenvalue weighted by atomic mass is 9.66. The summed E-state index contributed by atoms with van der Waals surface area (Å²) in [6, 6.07) is 4.83. The third-order valence-corrected chi connectivity index (χ3v) is 4.77. The summed E-state index contributed by atoms with van der Waals surface area (Å²) in [6.07, 6.45) is -0.00625. The van der Waals surface area contributed by atoms with Gasteiger partial charge in [0.15, 0.2) is 0 Å². The highest BCUT2D eigenvalue weighted by Gasteiger charge is 2.54. The van der Waals surface area contributed by atoms with Crippen LogP contribution in [0.4, 0.5) is 4.39 Å². The molecular formula is C17H24BFO4. The van der Waals surface area contributed by atoms with E-state index in [4.69, 9.17) is 14.0 Å². The molecule has 1 aliphatic rings. The van der Waals surface area contributed by atoms with Gasteiger partial charge < -0.3 is 14.0 Å². The van der Waals surface area contributed by atoms with E-state index in [0.29, 0.717) is 5.56 Å². The number of benzene rings is 1. The van der Waals surface area contributed by atoms with Crippen molar-refractivity contribution in [1.29, 1.82) is 0 Å². The molecule has 1 aliphatic heterocycles. The van der Waals surface area contributed by atoms with Crippen molar-refractivity contribution < 1.29 is 23.2 Å². The van der Waals surface area contributed by atoms with E-state index in [1.807, 2.05) is 34.6 Å². The number of ether oxygens (including phenoxy) is 1. The fourth-order valence-corrected chi connectivity index (χ4v) is 2.62. The van der Waals surface area contributed by atoms with Gasteiger partial charge in [-0.3, -0.25) is 4.79 Å². The van der Waals surface area contributed by atoms with Gasteiger partial charge in [0.2, 0.25) is 0 Å². The standard InChI is InChI=1S/C17H24BFO4/c1-11-7-8-14(19)12(9-11)13(10-15(20)21-6)18-22-16(2,3)17(4,5)23-18/h7-9,13H,10H2,1-6H3. The Morgan fingerprint density at radius 1 is 1.26 bits per heavy atom. The first-order valence-electron chi connectivity index (χ1n) is 7.76. The summed E-state index contributed by atoms with van der Waals surface area (Å²) in [7, 11) is 0.603. The first-order chi connectivity index (χ1) is 10.6. The molecule has 126 valence electrons. The molecule has 1 atom stereocenters. The largest absolute Gasteiger partial charge is 0.469 e. The van der Waals surface area contributed by atoms with E-state index in [2.05, 4.69) is 0 Å². The van der Waals surface area contributed by atoms with Gasteiger partial charge in [-0.1, -0.05) is 17.7 Å². The van der Waals surface area contributed by atoms with Crippen molar-refractivity contribution in [3.05, 3.63) is 35.1 Å². The molecule has 23 heavy (non-hydrogen) atoms. The molecule has 2 rings (SSSR count). The first kappa shape index (κ1) is 18.0. The van der Waals surface area contributed by atoms with Gasteiger partial charge in [0, 0.05) is 5.82 Å². The van der Waals surface area contributed by atoms with E-state index < -0.39 is 30.1 Å². The maximum absolute atomic E-state index is 14.3. The van der Waals surface area contributed by atoms with E-state index in [0.717, 1.165) is 5.56 Å². The van der Waals surface area contributed by atoms with Gasteiger partial charge in [-0.15, -0.1) is 0 Å². The number of hydrogen-bond donors (Lipinski definition) is 0. The third kappa shape index (κ3) is 3.58. The van der Waals surface area contributed by atoms with Crippen LogP contribution >= 0.6 is 0 Å². The highest BCUT2D eigenvalue weighted by molar-refractivity contribution is 6.48. The van der Waals surface area contributed by atoms with Crippen molar-refractivity contribution in [3.63, 3.8) is 0 Å². The average molecular weight is 322 g/mol. The number of hydrogen-bond acceptors (Lipinski definition) is 4. The van der Waals surface area contributed by atoms with Crippen molar-refractivity contribution in [2.45, 2.75) is 58.1 Å². The van der Waals surface area contributed by atoms with Gasteiger partial charge in [-0.05, 0) is 46.2 Å². The number of rotatable bonds is 4. The molecule has 6 heteroatoms. The normalized spacial score (nSPS) is 20.4. The summed E-state index contributed by atoms with van der Waals surface area (Å²) in [5, 5.41) is 0. The molecule has 1 aromatic rings. The SMILES string of the molecule is COC(=O)CC(B1OC(C)(C)C(C)(C)O1)c1cc(C)ccc1F. The van der Waals surface area contributed by atoms with E-state index >= 15 is 0 Å². The zero-order valence-corrected chi connectivity index (χ0v) is 14.6. The summed E-state index contributed by atoms with van der Waals surface area (Å²) in [5.41, 5.74) is 0.222. The predicted molar refractivity (Wildman–Crippen MR) is 86.6 cm³/mol. The van der Waals surface area contributed by atoms with Crippen molar-refractivity contribution in [2.75, 3.05) is 7.11 Å². The molecule has 0 amide bonds. The number of methoxy groups -OCH3 is 1. The Hall–Kier alpha value is -1.40. The summed E-state index contributed by atoms with van der Waals surface area (Å²) in [6.45, 7) is 9.58. The molecule has 1 saturated heterocycles. The molecule has 1 aromatic carbocycles. The van der Waals surface area contributed by atoms with E-state index in [9.17, 15) is 9.18 Å². The van der Waals surface area contributed by atoms with Crippen molar-refractivity contribution in [3.8, 4) is 0 Å². The molecule has 0 N–H and O–H groups in total. The van der Waals surface area contributed by atoms with Crippen LogP contribution in [0.2, 0.25) is 0 Å². The average Bonchev–Trinajstić information content (AvgIpc) is 2.67. The number of carbonyl (C=O) groups excluding carboxylic acids is 1. The number of carbonyl (C=O) groups is 1. The van der Waals surface area contributed by atoms with Crippen LogP contribution in [0.15, 0.2) is 18.2 Å². The topological polar surface area (TPSA) is 44.8 Å². The second-order valence-electron chi connectivity index (χ2n) is 7.04. The number of halogens is 1. The Morgan fingerprint density at radius 3 is 2.35 bits per heavy atom. The van der Waals surface area contributed by atoms with Crippen LogP contribution in [-0.2, 0) is 18.8 Å². The van der Waals surface area contributed by atoms with Crippen molar-refractivity contribution >= 4 is 13.1 Å². The summed E-state index contributed by atoms with van der Waals surface area (Å²) < 4.78 is 31.2. The molecule has 1 unspecified atom stereocenters. The summed E-state index contributed by atoms with van der Waals surface area (Å²) in [4.78, 5) is 11.8. The highest BCUT2D eigenvalue weighted by Crippen LogP contribution is 2.42. The quantitative estimate of drug-likeness (QED) is 0.629. The van der Waals surface area contributed by atoms with Crippen LogP contribution in [0, 0.1) is 12.7 Å². The van der Waals surface area contributed by atoms with Gasteiger partial charge in [0.05, 0.1) is 24.7 Å². The molecule has 1 fully saturated rings. The fourth-order valence-electron chi connectivity index (χ4n) is 2.62. The smallest absolute Gasteiger partial charge is 0.466 e. The Labute approximate surface area is 137 Å². The minimum atomic E-state index is -0.713. The summed E-state index contributed by atoms with van der Waals surface area (Å²) >= 11 is 0. The third-order valence-electron chi connectivity index (χ3n) is 4.77. The second kappa shape index (κ2) is 6.25. The van der Waals surface area contributed by atoms with Gasteiger partial charge in [-0.25, -0.2) is 4.39 Å². The van der Waals surface area contributed by atoms with Gasteiger partial charge in [0.1, 0.15) is 5.82 Å². The Kier molecular flexibility index (Phi) is 4.88. The van der Waals surface area contributed by atoms with Crippen LogP contribution in [-0.4, -0.2) is 31.4 Å². The molecule has 0 aliphatic carbocycles. The summed E-state index contributed by atoms with van der Waals surface area (Å²) in [5.74, 6) is -1.37. The van der Waals surface area contributed by atoms with E-state index in [-0.39, 0.29) is 12.2 Å². The minimum absolute atomic E-state index is 0.00625. The molecular weight excluding hydrogens is 298 g/mol. The molecule has 0 bridgehead atoms. The minimum Gasteiger partial charge on any atom is -0.469 e. The van der Waals surface area contributed by atoms with Crippen LogP contribution < -0.4 is 0 Å². The lowest BCUT2D eigenvalue weighted by Gasteiger charge is -2.32. The second-order valence-corrected chi connectivity index (χ2v) is 7.04. The maximum atomic E-state index is 14.3. The van der Waals surface area contributed by atoms with Gasteiger partial charge in [-0.2, -0.15) is 0 Å². The number of aryl methyl sites for hydroxylation is 1. The molecule has 0 aromatic heterocycles. The molecule has 0 saturated carbocycles. The Balaban J connectivity index is 2.40. The number of esters is 1. The molecule has 4 nitrogen and oxygen atoms in total. The van der Waals surface area contributed by atoms with Gasteiger partial charge >= 0.3 is 13.1 Å². The lowest BCUT2D eigenvalue weighted by molar-refractivity contribution is -0.140. The van der Waals surface area contributed by atoms with Gasteiger partial charge in [0.25, 0.3) is 0 Å². The highest BCUT2D eigenvalue weighted by atomic mass is 19.1. The zero-order valence-electron chi connectivity index (χ0n) is 14.6. The maximum Gasteiger partial charge on any atom is 0.466 e. The van der Waals surface area contributed by atoms with Crippen molar-refractivity contribution in [1.82, 2.24) is 0 Å².